The van der Waals surface area contributed by atoms with Gasteiger partial charge in [0.1, 0.15) is 5.01 Å². The number of amides is 2. The van der Waals surface area contributed by atoms with E-state index in [1.54, 1.807) is 23.5 Å². The topological polar surface area (TPSA) is 101 Å². The molecule has 0 bridgehead atoms. The van der Waals surface area contributed by atoms with E-state index in [-0.39, 0.29) is 13.2 Å². The quantitative estimate of drug-likeness (QED) is 0.308. The fourth-order valence-electron chi connectivity index (χ4n) is 3.21. The number of hydrogen-bond donors (Lipinski definition) is 3. The molecule has 0 saturated carbocycles. The van der Waals surface area contributed by atoms with Gasteiger partial charge in [-0.2, -0.15) is 0 Å². The molecule has 0 fully saturated rings. The average Bonchev–Trinajstić information content (AvgIpc) is 3.35. The van der Waals surface area contributed by atoms with Crippen molar-refractivity contribution in [2.24, 2.45) is 0 Å². The monoisotopic (exact) mass is 473 g/mol. The smallest absolute Gasteiger partial charge is 0.328 e. The summed E-state index contributed by atoms with van der Waals surface area (Å²) in [5, 5.41) is 17.4. The fraction of sp³-hybridized carbons (Fsp3) is 0.115. The van der Waals surface area contributed by atoms with Crippen LogP contribution in [-0.4, -0.2) is 34.7 Å². The zero-order valence-electron chi connectivity index (χ0n) is 18.2. The number of nitrogens with one attached hydrogen (secondary N) is 2. The van der Waals surface area contributed by atoms with Crippen molar-refractivity contribution in [1.82, 2.24) is 10.3 Å². The van der Waals surface area contributed by atoms with Gasteiger partial charge in [0.15, 0.2) is 6.04 Å². The minimum atomic E-state index is -1.17. The second kappa shape index (κ2) is 11.2. The Morgan fingerprint density at radius 2 is 1.59 bits per heavy atom. The normalized spacial score (nSPS) is 11.5. The lowest BCUT2D eigenvalue weighted by molar-refractivity contribution is -0.140. The summed E-state index contributed by atoms with van der Waals surface area (Å²) in [5.41, 5.74) is 4.29. The molecule has 1 atom stereocenters. The fourth-order valence-corrected chi connectivity index (χ4v) is 4.05. The second-order valence-corrected chi connectivity index (χ2v) is 8.33. The molecule has 0 radical (unpaired) electrons. The van der Waals surface area contributed by atoms with E-state index in [0.29, 0.717) is 5.69 Å². The Morgan fingerprint density at radius 3 is 2.26 bits per heavy atom. The van der Waals surface area contributed by atoms with Crippen LogP contribution >= 0.6 is 11.3 Å². The molecular formula is C26H23N3O4S. The van der Waals surface area contributed by atoms with Gasteiger partial charge in [0.25, 0.3) is 0 Å². The molecule has 1 heterocycles. The molecule has 2 amide bonds. The van der Waals surface area contributed by atoms with Crippen molar-refractivity contribution in [1.29, 1.82) is 0 Å². The highest BCUT2D eigenvalue weighted by atomic mass is 32.1. The van der Waals surface area contributed by atoms with Crippen LogP contribution in [0, 0.1) is 0 Å². The van der Waals surface area contributed by atoms with Crippen molar-refractivity contribution in [3.63, 3.8) is 0 Å². The molecule has 0 aliphatic carbocycles. The first-order valence-electron chi connectivity index (χ1n) is 10.6. The minimum Gasteiger partial charge on any atom is -0.480 e. The van der Waals surface area contributed by atoms with E-state index in [2.05, 4.69) is 10.6 Å². The molecule has 7 nitrogen and oxygen atoms in total. The Morgan fingerprint density at radius 1 is 0.912 bits per heavy atom. The molecule has 1 aromatic heterocycles. The molecule has 0 aliphatic rings. The summed E-state index contributed by atoms with van der Waals surface area (Å²) >= 11 is 1.57. The Bertz CT molecular complexity index is 1230. The third-order valence-electron chi connectivity index (χ3n) is 4.96. The lowest BCUT2D eigenvalue weighted by atomic mass is 10.1. The molecule has 0 saturated heterocycles. The Hall–Kier alpha value is -4.01. The van der Waals surface area contributed by atoms with Crippen LogP contribution in [0.3, 0.4) is 0 Å². The summed E-state index contributed by atoms with van der Waals surface area (Å²) in [7, 11) is 0. The Kier molecular flexibility index (Phi) is 7.64. The Labute approximate surface area is 201 Å². The number of carbonyl (C=O) groups excluding carboxylic acids is 1. The van der Waals surface area contributed by atoms with Crippen molar-refractivity contribution >= 4 is 29.0 Å². The predicted molar refractivity (Wildman–Crippen MR) is 133 cm³/mol. The van der Waals surface area contributed by atoms with E-state index in [9.17, 15) is 14.7 Å². The maximum Gasteiger partial charge on any atom is 0.328 e. The van der Waals surface area contributed by atoms with Crippen LogP contribution in [0.2, 0.25) is 0 Å². The molecule has 4 aromatic rings. The summed E-state index contributed by atoms with van der Waals surface area (Å²) in [4.78, 5) is 28.5. The summed E-state index contributed by atoms with van der Waals surface area (Å²) in [5.74, 6) is -1.17. The molecule has 3 aromatic carbocycles. The number of hydrogen-bond acceptors (Lipinski definition) is 5. The highest BCUT2D eigenvalue weighted by molar-refractivity contribution is 7.13. The van der Waals surface area contributed by atoms with Gasteiger partial charge in [-0.15, -0.1) is 11.3 Å². The van der Waals surface area contributed by atoms with Gasteiger partial charge in [0, 0.05) is 22.2 Å². The van der Waals surface area contributed by atoms with E-state index in [1.807, 2.05) is 78.2 Å². The number of urea groups is 1. The van der Waals surface area contributed by atoms with E-state index in [0.717, 1.165) is 27.4 Å². The average molecular weight is 474 g/mol. The number of nitrogens with zero attached hydrogens (tertiary/aromatic N) is 1. The van der Waals surface area contributed by atoms with Gasteiger partial charge in [-0.3, -0.25) is 0 Å². The van der Waals surface area contributed by atoms with Crippen LogP contribution in [0.25, 0.3) is 21.8 Å². The lowest BCUT2D eigenvalue weighted by Crippen LogP contribution is -2.45. The van der Waals surface area contributed by atoms with E-state index in [1.165, 1.54) is 0 Å². The van der Waals surface area contributed by atoms with Gasteiger partial charge in [-0.05, 0) is 17.7 Å². The van der Waals surface area contributed by atoms with Crippen LogP contribution in [0.15, 0.2) is 90.3 Å². The molecule has 0 aliphatic heterocycles. The number of anilines is 1. The van der Waals surface area contributed by atoms with Crippen molar-refractivity contribution in [2.75, 3.05) is 11.9 Å². The molecule has 8 heteroatoms. The second-order valence-electron chi connectivity index (χ2n) is 7.47. The van der Waals surface area contributed by atoms with Gasteiger partial charge in [0.2, 0.25) is 0 Å². The van der Waals surface area contributed by atoms with Gasteiger partial charge in [-0.25, -0.2) is 14.6 Å². The lowest BCUT2D eigenvalue weighted by Gasteiger charge is -2.15. The number of rotatable bonds is 9. The van der Waals surface area contributed by atoms with Crippen LogP contribution in [0.1, 0.15) is 5.56 Å². The first-order valence-corrected chi connectivity index (χ1v) is 11.5. The third-order valence-corrected chi connectivity index (χ3v) is 5.85. The third kappa shape index (κ3) is 6.28. The first kappa shape index (κ1) is 23.2. The van der Waals surface area contributed by atoms with Crippen LogP contribution < -0.4 is 10.6 Å². The van der Waals surface area contributed by atoms with Gasteiger partial charge >= 0.3 is 12.0 Å². The van der Waals surface area contributed by atoms with Gasteiger partial charge in [0.05, 0.1) is 18.9 Å². The first-order chi connectivity index (χ1) is 16.6. The van der Waals surface area contributed by atoms with Crippen molar-refractivity contribution in [2.45, 2.75) is 12.6 Å². The maximum atomic E-state index is 12.3. The standard InChI is InChI=1S/C26H23N3O4S/c30-25(31)22(16-33-15-18-7-3-1-4-8-18)29-26(32)27-21-13-11-19(12-14-21)23-17-34-24(28-23)20-9-5-2-6-10-20/h1-14,17,22H,15-16H2,(H,30,31)(H2,27,29,32)/t22-/m1/s1. The summed E-state index contributed by atoms with van der Waals surface area (Å²) < 4.78 is 5.46. The molecule has 34 heavy (non-hydrogen) atoms. The zero-order valence-corrected chi connectivity index (χ0v) is 19.0. The van der Waals surface area contributed by atoms with E-state index >= 15 is 0 Å². The molecule has 3 N–H and O–H groups in total. The van der Waals surface area contributed by atoms with E-state index in [4.69, 9.17) is 9.72 Å². The SMILES string of the molecule is O=C(Nc1ccc(-c2csc(-c3ccccc3)n2)cc1)N[C@H](COCc1ccccc1)C(=O)O. The number of carbonyl (C=O) groups is 2. The number of aromatic nitrogens is 1. The number of ether oxygens (including phenoxy) is 1. The summed E-state index contributed by atoms with van der Waals surface area (Å²) in [6.45, 7) is 0.113. The maximum absolute atomic E-state index is 12.3. The highest BCUT2D eigenvalue weighted by Gasteiger charge is 2.20. The molecule has 172 valence electrons. The van der Waals surface area contributed by atoms with Crippen LogP contribution in [-0.2, 0) is 16.1 Å². The van der Waals surface area contributed by atoms with Gasteiger partial charge < -0.3 is 20.5 Å². The zero-order chi connectivity index (χ0) is 23.8. The molecule has 0 spiro atoms. The molecular weight excluding hydrogens is 450 g/mol. The van der Waals surface area contributed by atoms with Gasteiger partial charge in [-0.1, -0.05) is 72.8 Å². The largest absolute Gasteiger partial charge is 0.480 e. The minimum absolute atomic E-state index is 0.149. The van der Waals surface area contributed by atoms with Crippen LogP contribution in [0.5, 0.6) is 0 Å². The van der Waals surface area contributed by atoms with E-state index < -0.39 is 18.0 Å². The number of carboxylic acids is 1. The highest BCUT2D eigenvalue weighted by Crippen LogP contribution is 2.29. The number of aliphatic carboxylic acids is 1. The number of thiazole rings is 1. The molecule has 4 rings (SSSR count). The summed E-state index contributed by atoms with van der Waals surface area (Å²) in [6.07, 6.45) is 0. The molecule has 0 unspecified atom stereocenters. The van der Waals surface area contributed by atoms with Crippen LogP contribution in [0.4, 0.5) is 10.5 Å². The number of benzene rings is 3. The summed E-state index contributed by atoms with van der Waals surface area (Å²) in [6, 6.07) is 24.8. The number of carboxylic acid groups (broad SMARTS) is 1. The van der Waals surface area contributed by atoms with Crippen molar-refractivity contribution < 1.29 is 19.4 Å². The van der Waals surface area contributed by atoms with Crippen molar-refractivity contribution in [3.8, 4) is 21.8 Å². The Balaban J connectivity index is 1.31. The predicted octanol–water partition coefficient (Wildman–Crippen LogP) is 5.27. The van der Waals surface area contributed by atoms with Crippen molar-refractivity contribution in [3.05, 3.63) is 95.9 Å².